The number of hydrogen-bond acceptors (Lipinski definition) is 5. The SMILES string of the molecule is CC(C)(C)OC(=O)NC1COc2ccccc2N(CCC(=O)O)C1=O. The van der Waals surface area contributed by atoms with E-state index in [9.17, 15) is 14.4 Å². The number of aliphatic carboxylic acids is 1. The zero-order valence-corrected chi connectivity index (χ0v) is 14.4. The van der Waals surface area contributed by atoms with Crippen LogP contribution in [0.5, 0.6) is 5.75 Å². The van der Waals surface area contributed by atoms with Crippen LogP contribution in [0.25, 0.3) is 0 Å². The van der Waals surface area contributed by atoms with Gasteiger partial charge in [-0.3, -0.25) is 9.59 Å². The van der Waals surface area contributed by atoms with Crippen LogP contribution in [0.3, 0.4) is 0 Å². The standard InChI is InChI=1S/C17H22N2O6/c1-17(2,3)25-16(23)18-11-10-24-13-7-5-4-6-12(13)19(15(11)22)9-8-14(20)21/h4-7,11H,8-10H2,1-3H3,(H,18,23)(H,20,21). The number of nitrogens with one attached hydrogen (secondary N) is 1. The fraction of sp³-hybridized carbons (Fsp3) is 0.471. The van der Waals surface area contributed by atoms with Gasteiger partial charge in [0.15, 0.2) is 0 Å². The van der Waals surface area contributed by atoms with Crippen LogP contribution >= 0.6 is 0 Å². The van der Waals surface area contributed by atoms with E-state index in [0.29, 0.717) is 11.4 Å². The molecule has 1 heterocycles. The van der Waals surface area contributed by atoms with Crippen LogP contribution in [0, 0.1) is 0 Å². The Hall–Kier alpha value is -2.77. The van der Waals surface area contributed by atoms with Gasteiger partial charge in [-0.15, -0.1) is 0 Å². The first kappa shape index (κ1) is 18.6. The Morgan fingerprint density at radius 1 is 1.36 bits per heavy atom. The van der Waals surface area contributed by atoms with Gasteiger partial charge in [-0.25, -0.2) is 4.79 Å². The van der Waals surface area contributed by atoms with E-state index in [4.69, 9.17) is 14.6 Å². The van der Waals surface area contributed by atoms with Crippen LogP contribution < -0.4 is 15.0 Å². The van der Waals surface area contributed by atoms with Crippen molar-refractivity contribution in [1.29, 1.82) is 0 Å². The lowest BCUT2D eigenvalue weighted by Gasteiger charge is -2.25. The fourth-order valence-electron chi connectivity index (χ4n) is 2.34. The third kappa shape index (κ3) is 5.10. The molecule has 0 spiro atoms. The third-order valence-electron chi connectivity index (χ3n) is 3.37. The normalized spacial score (nSPS) is 17.2. The molecule has 0 aliphatic carbocycles. The zero-order chi connectivity index (χ0) is 18.6. The summed E-state index contributed by atoms with van der Waals surface area (Å²) >= 11 is 0. The summed E-state index contributed by atoms with van der Waals surface area (Å²) in [6.45, 7) is 5.05. The van der Waals surface area contributed by atoms with Crippen molar-refractivity contribution >= 4 is 23.7 Å². The van der Waals surface area contributed by atoms with Gasteiger partial charge in [0.25, 0.3) is 5.91 Å². The number of benzene rings is 1. The minimum atomic E-state index is -1.02. The molecule has 1 unspecified atom stereocenters. The molecule has 1 aromatic rings. The second-order valence-electron chi connectivity index (χ2n) is 6.61. The Labute approximate surface area is 145 Å². The van der Waals surface area contributed by atoms with E-state index >= 15 is 0 Å². The summed E-state index contributed by atoms with van der Waals surface area (Å²) in [5.41, 5.74) is -0.229. The number of carbonyl (C=O) groups excluding carboxylic acids is 2. The number of carboxylic acids is 1. The van der Waals surface area contributed by atoms with Crippen molar-refractivity contribution < 1.29 is 29.0 Å². The molecule has 8 nitrogen and oxygen atoms in total. The maximum absolute atomic E-state index is 12.8. The van der Waals surface area contributed by atoms with Crippen LogP contribution in [0.1, 0.15) is 27.2 Å². The minimum absolute atomic E-state index is 0.0267. The molecular weight excluding hydrogens is 328 g/mol. The minimum Gasteiger partial charge on any atom is -0.489 e. The van der Waals surface area contributed by atoms with Crippen LogP contribution in [0.15, 0.2) is 24.3 Å². The van der Waals surface area contributed by atoms with Crippen molar-refractivity contribution in [3.05, 3.63) is 24.3 Å². The molecule has 2 rings (SSSR count). The second kappa shape index (κ2) is 7.42. The predicted molar refractivity (Wildman–Crippen MR) is 89.7 cm³/mol. The van der Waals surface area contributed by atoms with Gasteiger partial charge in [0.05, 0.1) is 12.1 Å². The summed E-state index contributed by atoms with van der Waals surface area (Å²) in [7, 11) is 0. The van der Waals surface area contributed by atoms with E-state index in [-0.39, 0.29) is 19.6 Å². The summed E-state index contributed by atoms with van der Waals surface area (Å²) in [4.78, 5) is 37.0. The van der Waals surface area contributed by atoms with Crippen molar-refractivity contribution in [2.75, 3.05) is 18.1 Å². The second-order valence-corrected chi connectivity index (χ2v) is 6.61. The van der Waals surface area contributed by atoms with E-state index in [0.717, 1.165) is 0 Å². The highest BCUT2D eigenvalue weighted by molar-refractivity contribution is 6.01. The van der Waals surface area contributed by atoms with E-state index in [2.05, 4.69) is 5.32 Å². The average molecular weight is 350 g/mol. The monoisotopic (exact) mass is 350 g/mol. The molecule has 0 radical (unpaired) electrons. The Morgan fingerprint density at radius 3 is 2.68 bits per heavy atom. The third-order valence-corrected chi connectivity index (χ3v) is 3.37. The maximum Gasteiger partial charge on any atom is 0.408 e. The highest BCUT2D eigenvalue weighted by Crippen LogP contribution is 2.31. The molecule has 0 fully saturated rings. The molecular formula is C17H22N2O6. The van der Waals surface area contributed by atoms with Crippen LogP contribution in [-0.4, -0.2) is 47.9 Å². The summed E-state index contributed by atoms with van der Waals surface area (Å²) in [6, 6.07) is 5.86. The van der Waals surface area contributed by atoms with Gasteiger partial charge in [-0.1, -0.05) is 12.1 Å². The number of para-hydroxylation sites is 2. The van der Waals surface area contributed by atoms with Gasteiger partial charge in [-0.05, 0) is 32.9 Å². The largest absolute Gasteiger partial charge is 0.489 e. The van der Waals surface area contributed by atoms with Crippen LogP contribution in [-0.2, 0) is 14.3 Å². The molecule has 2 amide bonds. The smallest absolute Gasteiger partial charge is 0.408 e. The average Bonchev–Trinajstić information content (AvgIpc) is 2.62. The number of ether oxygens (including phenoxy) is 2. The van der Waals surface area contributed by atoms with E-state index in [1.165, 1.54) is 4.90 Å². The number of amides is 2. The Bertz CT molecular complexity index is 667. The molecule has 1 aromatic carbocycles. The van der Waals surface area contributed by atoms with Gasteiger partial charge in [0, 0.05) is 6.54 Å². The molecule has 0 aromatic heterocycles. The Balaban J connectivity index is 2.21. The molecule has 0 bridgehead atoms. The Morgan fingerprint density at radius 2 is 2.04 bits per heavy atom. The maximum atomic E-state index is 12.8. The van der Waals surface area contributed by atoms with Gasteiger partial charge >= 0.3 is 12.1 Å². The van der Waals surface area contributed by atoms with Gasteiger partial charge in [-0.2, -0.15) is 0 Å². The molecule has 1 aliphatic rings. The number of carboxylic acid groups (broad SMARTS) is 1. The molecule has 0 saturated heterocycles. The fourth-order valence-corrected chi connectivity index (χ4v) is 2.34. The first-order valence-corrected chi connectivity index (χ1v) is 7.92. The van der Waals surface area contributed by atoms with Crippen molar-refractivity contribution in [1.82, 2.24) is 5.32 Å². The summed E-state index contributed by atoms with van der Waals surface area (Å²) in [6.07, 6.45) is -0.960. The molecule has 0 saturated carbocycles. The number of alkyl carbamates (subject to hydrolysis) is 1. The number of fused-ring (bicyclic) bond motifs is 1. The topological polar surface area (TPSA) is 105 Å². The van der Waals surface area contributed by atoms with E-state index in [1.54, 1.807) is 45.0 Å². The quantitative estimate of drug-likeness (QED) is 0.857. The van der Waals surface area contributed by atoms with Gasteiger partial charge in [0.1, 0.15) is 24.0 Å². The summed E-state index contributed by atoms with van der Waals surface area (Å²) in [5, 5.41) is 11.4. The van der Waals surface area contributed by atoms with Gasteiger partial charge in [0.2, 0.25) is 0 Å². The number of anilines is 1. The molecule has 1 aliphatic heterocycles. The van der Waals surface area contributed by atoms with Crippen molar-refractivity contribution in [2.45, 2.75) is 38.8 Å². The van der Waals surface area contributed by atoms with Crippen molar-refractivity contribution in [2.24, 2.45) is 0 Å². The lowest BCUT2D eigenvalue weighted by molar-refractivity contribution is -0.136. The number of carbonyl (C=O) groups is 3. The lowest BCUT2D eigenvalue weighted by atomic mass is 10.2. The highest BCUT2D eigenvalue weighted by Gasteiger charge is 2.33. The van der Waals surface area contributed by atoms with Gasteiger partial charge < -0.3 is 24.8 Å². The molecule has 2 N–H and O–H groups in total. The Kier molecular flexibility index (Phi) is 5.51. The number of rotatable bonds is 4. The van der Waals surface area contributed by atoms with Crippen molar-refractivity contribution in [3.63, 3.8) is 0 Å². The molecule has 136 valence electrons. The van der Waals surface area contributed by atoms with Crippen LogP contribution in [0.2, 0.25) is 0 Å². The van der Waals surface area contributed by atoms with E-state index < -0.39 is 29.6 Å². The summed E-state index contributed by atoms with van der Waals surface area (Å²) < 4.78 is 10.8. The highest BCUT2D eigenvalue weighted by atomic mass is 16.6. The molecule has 1 atom stereocenters. The predicted octanol–water partition coefficient (Wildman–Crippen LogP) is 1.78. The first-order valence-electron chi connectivity index (χ1n) is 7.92. The molecule has 8 heteroatoms. The van der Waals surface area contributed by atoms with Crippen LogP contribution in [0.4, 0.5) is 10.5 Å². The molecule has 25 heavy (non-hydrogen) atoms. The first-order chi connectivity index (χ1) is 11.7. The lowest BCUT2D eigenvalue weighted by Crippen LogP contribution is -2.51. The van der Waals surface area contributed by atoms with E-state index in [1.807, 2.05) is 0 Å². The number of hydrogen-bond donors (Lipinski definition) is 2. The summed E-state index contributed by atoms with van der Waals surface area (Å²) in [5.74, 6) is -1.01. The zero-order valence-electron chi connectivity index (χ0n) is 14.4. The van der Waals surface area contributed by atoms with Crippen molar-refractivity contribution in [3.8, 4) is 5.75 Å². The number of nitrogens with zero attached hydrogens (tertiary/aromatic N) is 1.